The highest BCUT2D eigenvalue weighted by Crippen LogP contribution is 2.17. The maximum absolute atomic E-state index is 5.89. The van der Waals surface area contributed by atoms with Crippen LogP contribution in [0.1, 0.15) is 25.0 Å². The van der Waals surface area contributed by atoms with Crippen LogP contribution < -0.4 is 10.5 Å². The Labute approximate surface area is 147 Å². The van der Waals surface area contributed by atoms with E-state index < -0.39 is 0 Å². The highest BCUT2D eigenvalue weighted by atomic mass is 32.2. The normalized spacial score (nSPS) is 12.0. The molecule has 0 aromatic heterocycles. The predicted molar refractivity (Wildman–Crippen MR) is 104 cm³/mol. The predicted octanol–water partition coefficient (Wildman–Crippen LogP) is 4.30. The lowest BCUT2D eigenvalue weighted by atomic mass is 10.2. The first-order chi connectivity index (χ1) is 11.6. The minimum atomic E-state index is 0.440. The first-order valence-corrected chi connectivity index (χ1v) is 8.88. The quantitative estimate of drug-likeness (QED) is 0.464. The van der Waals surface area contributed by atoms with Crippen molar-refractivity contribution in [3.63, 3.8) is 0 Å². The molecule has 0 fully saturated rings. The maximum atomic E-state index is 5.89. The molecule has 0 radical (unpaired) electrons. The highest BCUT2D eigenvalue weighted by Gasteiger charge is 2.02. The van der Waals surface area contributed by atoms with Crippen molar-refractivity contribution in [1.82, 2.24) is 0 Å². The minimum Gasteiger partial charge on any atom is -0.493 e. The Hall–Kier alpha value is -2.27. The van der Waals surface area contributed by atoms with Gasteiger partial charge in [-0.25, -0.2) is 0 Å². The molecule has 126 valence electrons. The third kappa shape index (κ3) is 6.46. The van der Waals surface area contributed by atoms with Crippen LogP contribution in [0.15, 0.2) is 64.8 Å². The van der Waals surface area contributed by atoms with Crippen LogP contribution in [0.25, 0.3) is 0 Å². The summed E-state index contributed by atoms with van der Waals surface area (Å²) in [6.07, 6.45) is 1.67. The van der Waals surface area contributed by atoms with E-state index in [4.69, 9.17) is 10.5 Å². The van der Waals surface area contributed by atoms with Gasteiger partial charge in [-0.2, -0.15) is 5.10 Å². The molecule has 0 saturated heterocycles. The Morgan fingerprint density at radius 3 is 2.58 bits per heavy atom. The minimum absolute atomic E-state index is 0.440. The lowest BCUT2D eigenvalue weighted by molar-refractivity contribution is 0.271. The summed E-state index contributed by atoms with van der Waals surface area (Å²) < 4.78 is 5.79. The fourth-order valence-electron chi connectivity index (χ4n) is 1.88. The summed E-state index contributed by atoms with van der Waals surface area (Å²) in [5.74, 6) is 2.05. The number of amidine groups is 1. The zero-order valence-corrected chi connectivity index (χ0v) is 14.9. The van der Waals surface area contributed by atoms with Gasteiger partial charge in [-0.3, -0.25) is 0 Å². The van der Waals surface area contributed by atoms with Crippen molar-refractivity contribution in [2.75, 3.05) is 6.61 Å². The van der Waals surface area contributed by atoms with Gasteiger partial charge in [0.1, 0.15) is 5.75 Å². The molecule has 0 heterocycles. The number of hydrogen-bond donors (Lipinski definition) is 1. The van der Waals surface area contributed by atoms with Crippen LogP contribution in [0, 0.1) is 5.92 Å². The summed E-state index contributed by atoms with van der Waals surface area (Å²) in [5.41, 5.74) is 7.99. The Kier molecular flexibility index (Phi) is 7.36. The van der Waals surface area contributed by atoms with Gasteiger partial charge in [0.25, 0.3) is 0 Å². The second-order valence-corrected chi connectivity index (χ2v) is 6.70. The number of ether oxygens (including phenoxy) is 1. The summed E-state index contributed by atoms with van der Waals surface area (Å²) in [7, 11) is 0. The van der Waals surface area contributed by atoms with Gasteiger partial charge >= 0.3 is 0 Å². The zero-order chi connectivity index (χ0) is 17.2. The molecule has 5 heteroatoms. The fraction of sp³-hybridized carbons (Fsp3) is 0.263. The number of nitrogens with zero attached hydrogens (tertiary/aromatic N) is 2. The molecule has 24 heavy (non-hydrogen) atoms. The number of nitrogens with two attached hydrogens (primary N) is 1. The number of rotatable bonds is 7. The molecule has 0 aliphatic carbocycles. The maximum Gasteiger partial charge on any atom is 0.180 e. The molecule has 0 aliphatic rings. The Morgan fingerprint density at radius 1 is 1.12 bits per heavy atom. The molecule has 0 spiro atoms. The van der Waals surface area contributed by atoms with Crippen molar-refractivity contribution in [1.29, 1.82) is 0 Å². The van der Waals surface area contributed by atoms with E-state index in [1.165, 1.54) is 17.3 Å². The van der Waals surface area contributed by atoms with E-state index in [0.717, 1.165) is 17.1 Å². The van der Waals surface area contributed by atoms with Gasteiger partial charge in [0.15, 0.2) is 5.17 Å². The SMILES string of the molecule is CC(C)COc1ccccc1C=NN=C(N)SCc1ccccc1. The zero-order valence-electron chi connectivity index (χ0n) is 14.1. The molecular weight excluding hydrogens is 318 g/mol. The summed E-state index contributed by atoms with van der Waals surface area (Å²) in [4.78, 5) is 0. The average Bonchev–Trinajstić information content (AvgIpc) is 2.60. The first kappa shape index (κ1) is 18.1. The lowest BCUT2D eigenvalue weighted by Crippen LogP contribution is -2.06. The molecular formula is C19H23N3OS. The van der Waals surface area contributed by atoms with Crippen molar-refractivity contribution >= 4 is 23.1 Å². The fourth-order valence-corrected chi connectivity index (χ4v) is 2.50. The summed E-state index contributed by atoms with van der Waals surface area (Å²) >= 11 is 1.47. The van der Waals surface area contributed by atoms with Gasteiger partial charge in [0.2, 0.25) is 0 Å². The van der Waals surface area contributed by atoms with Crippen molar-refractivity contribution in [2.45, 2.75) is 19.6 Å². The third-order valence-corrected chi connectivity index (χ3v) is 3.93. The van der Waals surface area contributed by atoms with Crippen LogP contribution in [0.5, 0.6) is 5.75 Å². The van der Waals surface area contributed by atoms with E-state index >= 15 is 0 Å². The average molecular weight is 341 g/mol. The summed E-state index contributed by atoms with van der Waals surface area (Å²) in [6, 6.07) is 17.9. The molecule has 0 saturated carbocycles. The van der Waals surface area contributed by atoms with Crippen LogP contribution in [0.4, 0.5) is 0 Å². The standard InChI is InChI=1S/C19H23N3OS/c1-15(2)13-23-18-11-7-6-10-17(18)12-21-22-19(20)24-14-16-8-4-3-5-9-16/h3-12,15H,13-14H2,1-2H3,(H2,20,22). The van der Waals surface area contributed by atoms with Gasteiger partial charge in [0, 0.05) is 11.3 Å². The molecule has 0 aliphatic heterocycles. The van der Waals surface area contributed by atoms with E-state index in [-0.39, 0.29) is 0 Å². The van der Waals surface area contributed by atoms with Crippen LogP contribution in [0.3, 0.4) is 0 Å². The van der Waals surface area contributed by atoms with Gasteiger partial charge in [-0.05, 0) is 23.6 Å². The summed E-state index contributed by atoms with van der Waals surface area (Å²) in [6.45, 7) is 4.90. The van der Waals surface area contributed by atoms with E-state index in [1.807, 2.05) is 42.5 Å². The molecule has 2 aromatic carbocycles. The Morgan fingerprint density at radius 2 is 1.83 bits per heavy atom. The smallest absolute Gasteiger partial charge is 0.180 e. The first-order valence-electron chi connectivity index (χ1n) is 7.90. The van der Waals surface area contributed by atoms with E-state index in [0.29, 0.717) is 17.7 Å². The van der Waals surface area contributed by atoms with Crippen LogP contribution >= 0.6 is 11.8 Å². The third-order valence-electron chi connectivity index (χ3n) is 3.07. The molecule has 0 bridgehead atoms. The molecule has 2 aromatic rings. The Bertz CT molecular complexity index is 684. The van der Waals surface area contributed by atoms with Crippen molar-refractivity contribution in [2.24, 2.45) is 21.9 Å². The van der Waals surface area contributed by atoms with Crippen LogP contribution in [-0.4, -0.2) is 18.0 Å². The monoisotopic (exact) mass is 341 g/mol. The van der Waals surface area contributed by atoms with Crippen LogP contribution in [-0.2, 0) is 5.75 Å². The van der Waals surface area contributed by atoms with E-state index in [1.54, 1.807) is 6.21 Å². The van der Waals surface area contributed by atoms with Gasteiger partial charge in [0.05, 0.1) is 12.8 Å². The van der Waals surface area contributed by atoms with Crippen molar-refractivity contribution < 1.29 is 4.74 Å². The lowest BCUT2D eigenvalue weighted by Gasteiger charge is -2.10. The largest absolute Gasteiger partial charge is 0.493 e. The van der Waals surface area contributed by atoms with Crippen LogP contribution in [0.2, 0.25) is 0 Å². The van der Waals surface area contributed by atoms with E-state index in [9.17, 15) is 0 Å². The number of thioether (sulfide) groups is 1. The number of benzene rings is 2. The molecule has 0 amide bonds. The highest BCUT2D eigenvalue weighted by molar-refractivity contribution is 8.13. The van der Waals surface area contributed by atoms with Crippen molar-refractivity contribution in [3.05, 3.63) is 65.7 Å². The topological polar surface area (TPSA) is 60.0 Å². The van der Waals surface area contributed by atoms with E-state index in [2.05, 4.69) is 36.2 Å². The molecule has 0 unspecified atom stereocenters. The Balaban J connectivity index is 1.92. The second kappa shape index (κ2) is 9.78. The summed E-state index contributed by atoms with van der Waals surface area (Å²) in [5, 5.41) is 8.56. The molecule has 2 N–H and O–H groups in total. The van der Waals surface area contributed by atoms with Gasteiger partial charge in [-0.15, -0.1) is 5.10 Å². The van der Waals surface area contributed by atoms with Gasteiger partial charge < -0.3 is 10.5 Å². The molecule has 0 atom stereocenters. The second-order valence-electron chi connectivity index (χ2n) is 5.70. The number of hydrogen-bond acceptors (Lipinski definition) is 4. The molecule has 2 rings (SSSR count). The number of para-hydroxylation sites is 1. The van der Waals surface area contributed by atoms with Crippen molar-refractivity contribution in [3.8, 4) is 5.75 Å². The van der Waals surface area contributed by atoms with Gasteiger partial charge in [-0.1, -0.05) is 68.1 Å². The molecule has 4 nitrogen and oxygen atoms in total.